The van der Waals surface area contributed by atoms with Crippen molar-refractivity contribution in [1.29, 1.82) is 0 Å². The molecule has 0 aliphatic carbocycles. The van der Waals surface area contributed by atoms with Crippen molar-refractivity contribution in [2.75, 3.05) is 24.6 Å². The lowest BCUT2D eigenvalue weighted by Gasteiger charge is -2.26. The summed E-state index contributed by atoms with van der Waals surface area (Å²) < 4.78 is 46.5. The molecule has 1 aliphatic heterocycles. The first-order valence-electron chi connectivity index (χ1n) is 4.60. The molecule has 0 bridgehead atoms. The number of nitrogens with one attached hydrogen (secondary N) is 1. The molecule has 0 amide bonds. The van der Waals surface area contributed by atoms with Gasteiger partial charge in [0.2, 0.25) is 0 Å². The van der Waals surface area contributed by atoms with E-state index < -0.39 is 23.4 Å². The molecule has 1 aliphatic rings. The van der Waals surface area contributed by atoms with Gasteiger partial charge in [-0.25, -0.2) is 0 Å². The van der Waals surface area contributed by atoms with Crippen LogP contribution in [0.15, 0.2) is 0 Å². The molecule has 0 aromatic heterocycles. The van der Waals surface area contributed by atoms with Crippen LogP contribution >= 0.6 is 0 Å². The highest BCUT2D eigenvalue weighted by Gasteiger charge is 2.27. The predicted octanol–water partition coefficient (Wildman–Crippen LogP) is 1.30. The zero-order chi connectivity index (χ0) is 10.6. The molecule has 0 aromatic carbocycles. The standard InChI is InChI=1S/C8H14F3NOS/c9-8(10,11)2-1-3-14(13)6-7-4-12-5-7/h7,12H,1-6H2. The zero-order valence-electron chi connectivity index (χ0n) is 7.77. The molecule has 1 atom stereocenters. The average Bonchev–Trinajstić information content (AvgIpc) is 1.94. The van der Waals surface area contributed by atoms with E-state index in [9.17, 15) is 17.4 Å². The summed E-state index contributed by atoms with van der Waals surface area (Å²) in [6.45, 7) is 1.70. The molecular formula is C8H14F3NOS. The maximum absolute atomic E-state index is 11.7. The molecular weight excluding hydrogens is 215 g/mol. The minimum Gasteiger partial charge on any atom is -0.316 e. The Morgan fingerprint density at radius 2 is 2.00 bits per heavy atom. The molecule has 0 aromatic rings. The second-order valence-corrected chi connectivity index (χ2v) is 5.17. The first kappa shape index (κ1) is 12.0. The van der Waals surface area contributed by atoms with E-state index in [1.165, 1.54) is 0 Å². The van der Waals surface area contributed by atoms with Crippen LogP contribution in [0.2, 0.25) is 0 Å². The van der Waals surface area contributed by atoms with Crippen molar-refractivity contribution in [2.45, 2.75) is 19.0 Å². The van der Waals surface area contributed by atoms with Crippen LogP contribution in [-0.4, -0.2) is 35.0 Å². The quantitative estimate of drug-likeness (QED) is 0.770. The normalized spacial score (nSPS) is 20.5. The largest absolute Gasteiger partial charge is 0.389 e. The Balaban J connectivity index is 2.03. The topological polar surface area (TPSA) is 29.1 Å². The molecule has 1 rings (SSSR count). The van der Waals surface area contributed by atoms with Gasteiger partial charge in [0.1, 0.15) is 0 Å². The van der Waals surface area contributed by atoms with Crippen LogP contribution in [0.5, 0.6) is 0 Å². The lowest BCUT2D eigenvalue weighted by atomic mass is 10.1. The third kappa shape index (κ3) is 4.95. The third-order valence-corrected chi connectivity index (χ3v) is 3.71. The fraction of sp³-hybridized carbons (Fsp3) is 1.00. The van der Waals surface area contributed by atoms with Crippen molar-refractivity contribution in [3.63, 3.8) is 0 Å². The summed E-state index contributed by atoms with van der Waals surface area (Å²) in [7, 11) is -1.07. The van der Waals surface area contributed by atoms with E-state index >= 15 is 0 Å². The van der Waals surface area contributed by atoms with E-state index in [0.29, 0.717) is 11.7 Å². The molecule has 0 spiro atoms. The predicted molar refractivity (Wildman–Crippen MR) is 49.5 cm³/mol. The number of alkyl halides is 3. The summed E-state index contributed by atoms with van der Waals surface area (Å²) in [5.74, 6) is 1.13. The molecule has 84 valence electrons. The number of hydrogen-bond acceptors (Lipinski definition) is 2. The van der Waals surface area contributed by atoms with Gasteiger partial charge in [-0.1, -0.05) is 0 Å². The second kappa shape index (κ2) is 5.11. The molecule has 14 heavy (non-hydrogen) atoms. The Bertz CT molecular complexity index is 203. The molecule has 1 N–H and O–H groups in total. The summed E-state index contributed by atoms with van der Waals surface area (Å²) >= 11 is 0. The molecule has 1 fully saturated rings. The highest BCUT2D eigenvalue weighted by Crippen LogP contribution is 2.21. The first-order valence-corrected chi connectivity index (χ1v) is 6.08. The summed E-state index contributed by atoms with van der Waals surface area (Å²) in [4.78, 5) is 0. The Labute approximate surface area is 83.7 Å². The van der Waals surface area contributed by atoms with Crippen LogP contribution < -0.4 is 5.32 Å². The van der Waals surface area contributed by atoms with E-state index in [4.69, 9.17) is 0 Å². The highest BCUT2D eigenvalue weighted by molar-refractivity contribution is 7.84. The van der Waals surface area contributed by atoms with Gasteiger partial charge in [0, 0.05) is 41.8 Å². The molecule has 1 saturated heterocycles. The molecule has 6 heteroatoms. The SMILES string of the molecule is O=S(CCCC(F)(F)F)CC1CNC1. The van der Waals surface area contributed by atoms with Gasteiger partial charge in [0.15, 0.2) is 0 Å². The maximum atomic E-state index is 11.7. The van der Waals surface area contributed by atoms with Gasteiger partial charge in [0.25, 0.3) is 0 Å². The summed E-state index contributed by atoms with van der Waals surface area (Å²) in [6.07, 6.45) is -4.94. The Morgan fingerprint density at radius 3 is 2.43 bits per heavy atom. The minimum atomic E-state index is -4.11. The van der Waals surface area contributed by atoms with E-state index in [2.05, 4.69) is 5.32 Å². The Kier molecular flexibility index (Phi) is 4.37. The minimum absolute atomic E-state index is 0.0176. The smallest absolute Gasteiger partial charge is 0.316 e. The van der Waals surface area contributed by atoms with Crippen molar-refractivity contribution < 1.29 is 17.4 Å². The lowest BCUT2D eigenvalue weighted by Crippen LogP contribution is -2.45. The molecule has 0 saturated carbocycles. The fourth-order valence-corrected chi connectivity index (χ4v) is 2.64. The lowest BCUT2D eigenvalue weighted by molar-refractivity contribution is -0.134. The van der Waals surface area contributed by atoms with Crippen LogP contribution in [0.4, 0.5) is 13.2 Å². The molecule has 1 unspecified atom stereocenters. The van der Waals surface area contributed by atoms with Crippen LogP contribution in [0.25, 0.3) is 0 Å². The van der Waals surface area contributed by atoms with Gasteiger partial charge in [-0.2, -0.15) is 13.2 Å². The van der Waals surface area contributed by atoms with E-state index in [0.717, 1.165) is 13.1 Å². The average molecular weight is 229 g/mol. The third-order valence-electron chi connectivity index (χ3n) is 2.12. The molecule has 2 nitrogen and oxygen atoms in total. The number of halogens is 3. The Hall–Kier alpha value is -0.100. The van der Waals surface area contributed by atoms with E-state index in [1.807, 2.05) is 0 Å². The van der Waals surface area contributed by atoms with Crippen molar-refractivity contribution >= 4 is 10.8 Å². The van der Waals surface area contributed by atoms with Crippen LogP contribution in [0.1, 0.15) is 12.8 Å². The number of rotatable bonds is 5. The van der Waals surface area contributed by atoms with Gasteiger partial charge >= 0.3 is 6.18 Å². The van der Waals surface area contributed by atoms with Crippen LogP contribution in [-0.2, 0) is 10.8 Å². The van der Waals surface area contributed by atoms with Gasteiger partial charge in [-0.15, -0.1) is 0 Å². The summed E-state index contributed by atoms with van der Waals surface area (Å²) in [6, 6.07) is 0. The second-order valence-electron chi connectivity index (χ2n) is 3.55. The van der Waals surface area contributed by atoms with Crippen LogP contribution in [0.3, 0.4) is 0 Å². The monoisotopic (exact) mass is 229 g/mol. The molecule has 0 radical (unpaired) electrons. The zero-order valence-corrected chi connectivity index (χ0v) is 8.59. The summed E-state index contributed by atoms with van der Waals surface area (Å²) in [5, 5.41) is 3.03. The van der Waals surface area contributed by atoms with Crippen molar-refractivity contribution in [1.82, 2.24) is 5.32 Å². The summed E-state index contributed by atoms with van der Waals surface area (Å²) in [5.41, 5.74) is 0. The van der Waals surface area contributed by atoms with Gasteiger partial charge < -0.3 is 5.32 Å². The van der Waals surface area contributed by atoms with Crippen molar-refractivity contribution in [3.8, 4) is 0 Å². The first-order chi connectivity index (χ1) is 6.47. The van der Waals surface area contributed by atoms with Gasteiger partial charge in [-0.05, 0) is 12.3 Å². The van der Waals surface area contributed by atoms with Crippen molar-refractivity contribution in [3.05, 3.63) is 0 Å². The van der Waals surface area contributed by atoms with Crippen LogP contribution in [0, 0.1) is 5.92 Å². The maximum Gasteiger partial charge on any atom is 0.389 e. The fourth-order valence-electron chi connectivity index (χ4n) is 1.25. The van der Waals surface area contributed by atoms with Crippen molar-refractivity contribution in [2.24, 2.45) is 5.92 Å². The van der Waals surface area contributed by atoms with Gasteiger partial charge in [0.05, 0.1) is 0 Å². The highest BCUT2D eigenvalue weighted by atomic mass is 32.2. The number of hydrogen-bond donors (Lipinski definition) is 1. The van der Waals surface area contributed by atoms with Gasteiger partial charge in [-0.3, -0.25) is 4.21 Å². The molecule has 1 heterocycles. The van der Waals surface area contributed by atoms with E-state index in [1.54, 1.807) is 0 Å². The van der Waals surface area contributed by atoms with E-state index in [-0.39, 0.29) is 12.2 Å². The Morgan fingerprint density at radius 1 is 1.36 bits per heavy atom.